The van der Waals surface area contributed by atoms with Gasteiger partial charge in [-0.25, -0.2) is 9.82 Å². The molecule has 0 spiro atoms. The minimum Gasteiger partial charge on any atom is -0.493 e. The largest absolute Gasteiger partial charge is 0.493 e. The number of carbonyl (C=O) groups is 2. The van der Waals surface area contributed by atoms with E-state index in [0.29, 0.717) is 33.2 Å². The molecule has 0 atom stereocenters. The number of nitrogens with zero attached hydrogens (tertiary/aromatic N) is 1. The Morgan fingerprint density at radius 2 is 1.82 bits per heavy atom. The molecular weight excluding hydrogens is 552 g/mol. The van der Waals surface area contributed by atoms with E-state index in [2.05, 4.69) is 31.8 Å². The number of hydrogen-bond donors (Lipinski definition) is 2. The fourth-order valence-corrected chi connectivity index (χ4v) is 3.55. The molecule has 3 rings (SSSR count). The molecular formula is C23H17BrCl2FN3O4. The van der Waals surface area contributed by atoms with Crippen LogP contribution in [0.4, 0.5) is 10.1 Å². The topological polar surface area (TPSA) is 89.0 Å². The summed E-state index contributed by atoms with van der Waals surface area (Å²) in [6.07, 6.45) is 1.33. The van der Waals surface area contributed by atoms with E-state index >= 15 is 0 Å². The maximum absolute atomic E-state index is 13.2. The van der Waals surface area contributed by atoms with Crippen molar-refractivity contribution in [3.05, 3.63) is 86.1 Å². The number of hydrogen-bond acceptors (Lipinski definition) is 5. The number of ether oxygens (including phenoxy) is 2. The molecule has 2 N–H and O–H groups in total. The van der Waals surface area contributed by atoms with Gasteiger partial charge in [-0.2, -0.15) is 5.10 Å². The number of rotatable bonds is 7. The summed E-state index contributed by atoms with van der Waals surface area (Å²) in [6, 6.07) is 14.1. The minimum atomic E-state index is -1.02. The highest BCUT2D eigenvalue weighted by molar-refractivity contribution is 9.10. The number of hydrazone groups is 1. The molecule has 0 bridgehead atoms. The van der Waals surface area contributed by atoms with E-state index in [1.54, 1.807) is 24.3 Å². The van der Waals surface area contributed by atoms with Gasteiger partial charge < -0.3 is 14.8 Å². The molecule has 3 aromatic carbocycles. The lowest BCUT2D eigenvalue weighted by molar-refractivity contribution is -0.136. The van der Waals surface area contributed by atoms with Gasteiger partial charge in [-0.05, 0) is 69.5 Å². The van der Waals surface area contributed by atoms with Gasteiger partial charge in [0.15, 0.2) is 11.5 Å². The lowest BCUT2D eigenvalue weighted by Crippen LogP contribution is -2.32. The molecule has 0 aromatic heterocycles. The van der Waals surface area contributed by atoms with Crippen molar-refractivity contribution in [1.82, 2.24) is 5.43 Å². The van der Waals surface area contributed by atoms with Gasteiger partial charge >= 0.3 is 11.8 Å². The van der Waals surface area contributed by atoms with Crippen molar-refractivity contribution in [2.45, 2.75) is 6.61 Å². The van der Waals surface area contributed by atoms with Gasteiger partial charge in [0.05, 0.1) is 22.8 Å². The quantitative estimate of drug-likeness (QED) is 0.221. The highest BCUT2D eigenvalue weighted by atomic mass is 79.9. The van der Waals surface area contributed by atoms with Gasteiger partial charge in [-0.1, -0.05) is 35.3 Å². The van der Waals surface area contributed by atoms with E-state index in [1.165, 1.54) is 25.5 Å². The zero-order valence-corrected chi connectivity index (χ0v) is 20.7. The fourth-order valence-electron chi connectivity index (χ4n) is 2.67. The van der Waals surface area contributed by atoms with Crippen LogP contribution in [0.15, 0.2) is 64.2 Å². The molecule has 11 heteroatoms. The molecule has 0 radical (unpaired) electrons. The molecule has 176 valence electrons. The minimum absolute atomic E-state index is 0.165. The van der Waals surface area contributed by atoms with Crippen LogP contribution in [0.2, 0.25) is 10.0 Å². The van der Waals surface area contributed by atoms with E-state index in [0.717, 1.165) is 11.6 Å². The van der Waals surface area contributed by atoms with Crippen LogP contribution in [0.3, 0.4) is 0 Å². The summed E-state index contributed by atoms with van der Waals surface area (Å²) in [7, 11) is 1.49. The van der Waals surface area contributed by atoms with E-state index in [-0.39, 0.29) is 10.7 Å². The van der Waals surface area contributed by atoms with Gasteiger partial charge in [-0.3, -0.25) is 9.59 Å². The lowest BCUT2D eigenvalue weighted by Gasteiger charge is -2.13. The number of anilines is 1. The van der Waals surface area contributed by atoms with Gasteiger partial charge in [0.2, 0.25) is 0 Å². The number of benzene rings is 3. The van der Waals surface area contributed by atoms with Crippen LogP contribution >= 0.6 is 39.1 Å². The second-order valence-electron chi connectivity index (χ2n) is 6.73. The summed E-state index contributed by atoms with van der Waals surface area (Å²) in [5, 5.41) is 6.53. The highest BCUT2D eigenvalue weighted by Crippen LogP contribution is 2.37. The first-order valence-corrected chi connectivity index (χ1v) is 11.2. The van der Waals surface area contributed by atoms with E-state index in [4.69, 9.17) is 32.7 Å². The Balaban J connectivity index is 1.61. The maximum atomic E-state index is 13.2. The van der Waals surface area contributed by atoms with Crippen LogP contribution in [0.5, 0.6) is 11.5 Å². The van der Waals surface area contributed by atoms with E-state index < -0.39 is 17.6 Å². The van der Waals surface area contributed by atoms with E-state index in [9.17, 15) is 14.0 Å². The highest BCUT2D eigenvalue weighted by Gasteiger charge is 2.15. The molecule has 7 nitrogen and oxygen atoms in total. The normalized spacial score (nSPS) is 10.7. The first-order chi connectivity index (χ1) is 16.3. The third-order valence-corrected chi connectivity index (χ3v) is 5.44. The van der Waals surface area contributed by atoms with Gasteiger partial charge in [0.25, 0.3) is 0 Å². The molecule has 0 heterocycles. The van der Waals surface area contributed by atoms with Crippen molar-refractivity contribution >= 4 is 62.8 Å². The Bertz CT molecular complexity index is 1240. The number of amides is 2. The van der Waals surface area contributed by atoms with Crippen LogP contribution in [0.1, 0.15) is 11.1 Å². The van der Waals surface area contributed by atoms with Gasteiger partial charge in [0, 0.05) is 10.7 Å². The molecule has 3 aromatic rings. The van der Waals surface area contributed by atoms with Crippen LogP contribution in [-0.4, -0.2) is 25.1 Å². The van der Waals surface area contributed by atoms with E-state index in [1.807, 2.05) is 12.1 Å². The smallest absolute Gasteiger partial charge is 0.329 e. The number of methoxy groups -OCH3 is 1. The summed E-state index contributed by atoms with van der Waals surface area (Å²) >= 11 is 15.0. The summed E-state index contributed by atoms with van der Waals surface area (Å²) in [4.78, 5) is 23.9. The van der Waals surface area contributed by atoms with Crippen LogP contribution < -0.4 is 20.2 Å². The van der Waals surface area contributed by atoms with Crippen molar-refractivity contribution < 1.29 is 23.5 Å². The molecule has 0 aliphatic heterocycles. The van der Waals surface area contributed by atoms with Crippen molar-refractivity contribution in [3.63, 3.8) is 0 Å². The van der Waals surface area contributed by atoms with Crippen molar-refractivity contribution in [2.24, 2.45) is 5.10 Å². The monoisotopic (exact) mass is 567 g/mol. The summed E-state index contributed by atoms with van der Waals surface area (Å²) in [5.74, 6) is -1.75. The molecule has 0 fully saturated rings. The second-order valence-corrected chi connectivity index (χ2v) is 8.43. The van der Waals surface area contributed by atoms with Crippen LogP contribution in [0, 0.1) is 5.82 Å². The average Bonchev–Trinajstić information content (AvgIpc) is 2.81. The zero-order chi connectivity index (χ0) is 24.7. The van der Waals surface area contributed by atoms with Gasteiger partial charge in [-0.15, -0.1) is 0 Å². The standard InChI is InChI=1S/C23H17BrCl2FN3O4/c1-33-20-9-14(8-17(24)21(20)34-12-13-2-4-15(25)5-3-13)11-28-30-23(32)22(31)29-16-6-7-19(27)18(26)10-16/h2-11H,12H2,1H3,(H,29,31)(H,30,32). The molecule has 0 saturated heterocycles. The molecule has 2 amide bonds. The Morgan fingerprint density at radius 1 is 1.09 bits per heavy atom. The number of carbonyl (C=O) groups excluding carboxylic acids is 2. The maximum Gasteiger partial charge on any atom is 0.329 e. The van der Waals surface area contributed by atoms with Crippen LogP contribution in [0.25, 0.3) is 0 Å². The summed E-state index contributed by atoms with van der Waals surface area (Å²) in [6.45, 7) is 0.296. The third-order valence-electron chi connectivity index (χ3n) is 4.31. The number of halogens is 4. The number of nitrogens with one attached hydrogen (secondary N) is 2. The predicted octanol–water partition coefficient (Wildman–Crippen LogP) is 5.57. The lowest BCUT2D eigenvalue weighted by atomic mass is 10.2. The molecule has 0 aliphatic rings. The summed E-state index contributed by atoms with van der Waals surface area (Å²) in [5.41, 5.74) is 3.77. The van der Waals surface area contributed by atoms with Crippen molar-refractivity contribution in [2.75, 3.05) is 12.4 Å². The Kier molecular flexibility index (Phi) is 8.86. The Labute approximate surface area is 213 Å². The SMILES string of the molecule is COc1cc(C=NNC(=O)C(=O)Nc2ccc(F)c(Cl)c2)cc(Br)c1OCc1ccc(Cl)cc1. The average molecular weight is 569 g/mol. The molecule has 0 unspecified atom stereocenters. The summed E-state index contributed by atoms with van der Waals surface area (Å²) < 4.78 is 25.1. The zero-order valence-electron chi connectivity index (χ0n) is 17.6. The Hall–Kier alpha value is -3.14. The van der Waals surface area contributed by atoms with Crippen molar-refractivity contribution in [1.29, 1.82) is 0 Å². The predicted molar refractivity (Wildman–Crippen MR) is 132 cm³/mol. The van der Waals surface area contributed by atoms with Crippen molar-refractivity contribution in [3.8, 4) is 11.5 Å². The van der Waals surface area contributed by atoms with Gasteiger partial charge in [0.1, 0.15) is 12.4 Å². The molecule has 0 aliphatic carbocycles. The molecule has 0 saturated carbocycles. The third kappa shape index (κ3) is 6.93. The molecule has 34 heavy (non-hydrogen) atoms. The first-order valence-electron chi connectivity index (χ1n) is 9.61. The second kappa shape index (κ2) is 11.8. The fraction of sp³-hybridized carbons (Fsp3) is 0.0870. The Morgan fingerprint density at radius 3 is 2.50 bits per heavy atom. The first kappa shape index (κ1) is 25.5. The van der Waals surface area contributed by atoms with Crippen LogP contribution in [-0.2, 0) is 16.2 Å².